The first-order valence-corrected chi connectivity index (χ1v) is 10.2. The molecule has 1 N–H and O–H groups in total. The molecular formula is C16H17F3N4O3S2. The lowest BCUT2D eigenvalue weighted by atomic mass is 10.1. The van der Waals surface area contributed by atoms with Crippen LogP contribution in [-0.4, -0.2) is 68.1 Å². The monoisotopic (exact) mass is 434 g/mol. The van der Waals surface area contributed by atoms with Crippen LogP contribution in [0.25, 0.3) is 0 Å². The molecule has 2 aromatic heterocycles. The molecular weight excluding hydrogens is 417 g/mol. The lowest BCUT2D eigenvalue weighted by Gasteiger charge is -2.24. The van der Waals surface area contributed by atoms with Gasteiger partial charge in [0.1, 0.15) is 10.7 Å². The van der Waals surface area contributed by atoms with E-state index < -0.39 is 12.1 Å². The van der Waals surface area contributed by atoms with E-state index in [0.717, 1.165) is 32.5 Å². The SMILES string of the molecule is O=C(O)C(F)(F)F.O=C(c1cscn1)N1CC[C@@H]2[C@@H]1CCN2Cc1nccs1. The smallest absolute Gasteiger partial charge is 0.475 e. The molecule has 1 amide bonds. The number of amides is 1. The summed E-state index contributed by atoms with van der Waals surface area (Å²) in [5.41, 5.74) is 2.32. The van der Waals surface area contributed by atoms with Crippen molar-refractivity contribution >= 4 is 34.6 Å². The number of likely N-dealkylation sites (tertiary alicyclic amines) is 2. The average Bonchev–Trinajstić information content (AvgIpc) is 3.42. The fourth-order valence-electron chi connectivity index (χ4n) is 3.49. The Labute approximate surface area is 166 Å². The van der Waals surface area contributed by atoms with Gasteiger partial charge in [-0.1, -0.05) is 0 Å². The van der Waals surface area contributed by atoms with Crippen LogP contribution in [0.4, 0.5) is 13.2 Å². The second-order valence-corrected chi connectivity index (χ2v) is 7.98. The van der Waals surface area contributed by atoms with Gasteiger partial charge in [-0.25, -0.2) is 14.8 Å². The zero-order chi connectivity index (χ0) is 20.3. The van der Waals surface area contributed by atoms with Crippen molar-refractivity contribution in [2.75, 3.05) is 13.1 Å². The molecule has 0 radical (unpaired) electrons. The summed E-state index contributed by atoms with van der Waals surface area (Å²) in [6, 6.07) is 0.829. The minimum atomic E-state index is -5.08. The van der Waals surface area contributed by atoms with Gasteiger partial charge in [0.05, 0.1) is 12.1 Å². The number of carbonyl (C=O) groups excluding carboxylic acids is 1. The first-order valence-electron chi connectivity index (χ1n) is 8.39. The van der Waals surface area contributed by atoms with E-state index in [1.54, 1.807) is 16.8 Å². The number of thiazole rings is 2. The Bertz CT molecular complexity index is 799. The fourth-order valence-corrected chi connectivity index (χ4v) is 4.66. The molecule has 0 unspecified atom stereocenters. The highest BCUT2D eigenvalue weighted by molar-refractivity contribution is 7.09. The van der Waals surface area contributed by atoms with Crippen LogP contribution in [-0.2, 0) is 11.3 Å². The van der Waals surface area contributed by atoms with Crippen molar-refractivity contribution in [3.8, 4) is 0 Å². The molecule has 0 aromatic carbocycles. The summed E-state index contributed by atoms with van der Waals surface area (Å²) in [4.78, 5) is 34.5. The van der Waals surface area contributed by atoms with Crippen LogP contribution >= 0.6 is 22.7 Å². The predicted octanol–water partition coefficient (Wildman–Crippen LogP) is 2.72. The van der Waals surface area contributed by atoms with Gasteiger partial charge in [0.15, 0.2) is 0 Å². The number of carboxylic acids is 1. The third kappa shape index (κ3) is 4.67. The van der Waals surface area contributed by atoms with E-state index in [1.807, 2.05) is 21.9 Å². The Morgan fingerprint density at radius 1 is 1.21 bits per heavy atom. The highest BCUT2D eigenvalue weighted by Crippen LogP contribution is 2.33. The van der Waals surface area contributed by atoms with Crippen molar-refractivity contribution in [3.63, 3.8) is 0 Å². The number of alkyl halides is 3. The Morgan fingerprint density at radius 2 is 1.93 bits per heavy atom. The molecule has 2 aromatic rings. The molecule has 0 spiro atoms. The summed E-state index contributed by atoms with van der Waals surface area (Å²) in [5.74, 6) is -2.66. The fraction of sp³-hybridized carbons (Fsp3) is 0.500. The van der Waals surface area contributed by atoms with E-state index in [2.05, 4.69) is 14.9 Å². The Morgan fingerprint density at radius 3 is 2.50 bits per heavy atom. The van der Waals surface area contributed by atoms with Crippen molar-refractivity contribution in [1.82, 2.24) is 19.8 Å². The zero-order valence-corrected chi connectivity index (χ0v) is 16.1. The van der Waals surface area contributed by atoms with E-state index in [-0.39, 0.29) is 5.91 Å². The minimum Gasteiger partial charge on any atom is -0.475 e. The van der Waals surface area contributed by atoms with Gasteiger partial charge in [-0.05, 0) is 12.8 Å². The Balaban J connectivity index is 0.000000279. The summed E-state index contributed by atoms with van der Waals surface area (Å²) in [6.45, 7) is 2.81. The average molecular weight is 434 g/mol. The molecule has 0 aliphatic carbocycles. The topological polar surface area (TPSA) is 86.6 Å². The van der Waals surface area contributed by atoms with Crippen molar-refractivity contribution in [1.29, 1.82) is 0 Å². The first-order chi connectivity index (χ1) is 13.3. The number of fused-ring (bicyclic) bond motifs is 1. The van der Waals surface area contributed by atoms with Crippen LogP contribution in [0.3, 0.4) is 0 Å². The van der Waals surface area contributed by atoms with Crippen LogP contribution in [0.5, 0.6) is 0 Å². The second-order valence-electron chi connectivity index (χ2n) is 6.28. The number of halogens is 3. The summed E-state index contributed by atoms with van der Waals surface area (Å²) in [5, 5.41) is 12.2. The van der Waals surface area contributed by atoms with Crippen LogP contribution < -0.4 is 0 Å². The van der Waals surface area contributed by atoms with E-state index in [4.69, 9.17) is 9.90 Å². The molecule has 2 aliphatic rings. The molecule has 0 saturated carbocycles. The maximum atomic E-state index is 12.5. The minimum absolute atomic E-state index is 0.0971. The second kappa shape index (κ2) is 8.53. The molecule has 2 aliphatic heterocycles. The maximum absolute atomic E-state index is 12.5. The summed E-state index contributed by atoms with van der Waals surface area (Å²) in [7, 11) is 0. The predicted molar refractivity (Wildman–Crippen MR) is 96.2 cm³/mol. The van der Waals surface area contributed by atoms with Gasteiger partial charge in [0.25, 0.3) is 5.91 Å². The number of hydrogen-bond donors (Lipinski definition) is 1. The normalized spacial score (nSPS) is 21.9. The molecule has 0 bridgehead atoms. The van der Waals surface area contributed by atoms with Crippen LogP contribution in [0.2, 0.25) is 0 Å². The van der Waals surface area contributed by atoms with Gasteiger partial charge in [0, 0.05) is 42.1 Å². The standard InChI is InChI=1S/C14H16N4OS2.C2HF3O2/c19-14(10-8-20-9-16-10)18-5-2-11-12(18)1-4-17(11)7-13-15-3-6-21-13;3-2(4,5)1(6)7/h3,6,8-9,11-12H,1-2,4-5,7H2;(H,6,7)/t11-,12+;/m1./s1. The van der Waals surface area contributed by atoms with E-state index in [1.165, 1.54) is 16.3 Å². The number of aromatic nitrogens is 2. The third-order valence-electron chi connectivity index (χ3n) is 4.67. The highest BCUT2D eigenvalue weighted by Gasteiger charge is 2.44. The van der Waals surface area contributed by atoms with Crippen molar-refractivity contribution in [2.24, 2.45) is 0 Å². The van der Waals surface area contributed by atoms with Crippen LogP contribution in [0.1, 0.15) is 28.3 Å². The lowest BCUT2D eigenvalue weighted by Crippen LogP contribution is -2.39. The Hall–Kier alpha value is -2.05. The first kappa shape index (κ1) is 20.7. The number of hydrogen-bond acceptors (Lipinski definition) is 7. The summed E-state index contributed by atoms with van der Waals surface area (Å²) in [6.07, 6.45) is -1.10. The Kier molecular flexibility index (Phi) is 6.30. The summed E-state index contributed by atoms with van der Waals surface area (Å²) < 4.78 is 31.7. The molecule has 28 heavy (non-hydrogen) atoms. The van der Waals surface area contributed by atoms with Gasteiger partial charge in [-0.3, -0.25) is 9.69 Å². The number of aliphatic carboxylic acids is 1. The molecule has 2 fully saturated rings. The molecule has 4 heterocycles. The van der Waals surface area contributed by atoms with Gasteiger partial charge in [-0.15, -0.1) is 22.7 Å². The number of carbonyl (C=O) groups is 2. The van der Waals surface area contributed by atoms with E-state index in [0.29, 0.717) is 17.8 Å². The van der Waals surface area contributed by atoms with Gasteiger partial charge in [-0.2, -0.15) is 13.2 Å². The van der Waals surface area contributed by atoms with Gasteiger partial charge >= 0.3 is 12.1 Å². The van der Waals surface area contributed by atoms with Crippen molar-refractivity contribution in [2.45, 2.75) is 37.6 Å². The third-order valence-corrected chi connectivity index (χ3v) is 6.02. The lowest BCUT2D eigenvalue weighted by molar-refractivity contribution is -0.192. The quantitative estimate of drug-likeness (QED) is 0.800. The molecule has 12 heteroatoms. The molecule has 152 valence electrons. The molecule has 2 saturated heterocycles. The number of nitrogens with zero attached hydrogens (tertiary/aromatic N) is 4. The summed E-state index contributed by atoms with van der Waals surface area (Å²) >= 11 is 3.19. The highest BCUT2D eigenvalue weighted by atomic mass is 32.1. The zero-order valence-electron chi connectivity index (χ0n) is 14.5. The van der Waals surface area contributed by atoms with Crippen LogP contribution in [0, 0.1) is 0 Å². The number of rotatable bonds is 3. The molecule has 7 nitrogen and oxygen atoms in total. The van der Waals surface area contributed by atoms with Crippen molar-refractivity contribution in [3.05, 3.63) is 33.2 Å². The van der Waals surface area contributed by atoms with E-state index in [9.17, 15) is 18.0 Å². The van der Waals surface area contributed by atoms with Gasteiger partial charge in [0.2, 0.25) is 0 Å². The number of carboxylic acid groups (broad SMARTS) is 1. The van der Waals surface area contributed by atoms with Crippen molar-refractivity contribution < 1.29 is 27.9 Å². The molecule has 2 atom stereocenters. The van der Waals surface area contributed by atoms with Gasteiger partial charge < -0.3 is 10.0 Å². The van der Waals surface area contributed by atoms with Crippen LogP contribution in [0.15, 0.2) is 22.5 Å². The van der Waals surface area contributed by atoms with E-state index >= 15 is 0 Å². The maximum Gasteiger partial charge on any atom is 0.490 e. The largest absolute Gasteiger partial charge is 0.490 e. The molecule has 4 rings (SSSR count).